The lowest BCUT2D eigenvalue weighted by atomic mass is 10.00. The van der Waals surface area contributed by atoms with Crippen LogP contribution in [0.1, 0.15) is 44.2 Å². The molecule has 0 saturated heterocycles. The monoisotopic (exact) mass is 346 g/mol. The van der Waals surface area contributed by atoms with E-state index in [0.29, 0.717) is 36.1 Å². The van der Waals surface area contributed by atoms with E-state index in [4.69, 9.17) is 4.52 Å². The van der Waals surface area contributed by atoms with Gasteiger partial charge in [0.1, 0.15) is 0 Å². The molecule has 0 aliphatic heterocycles. The van der Waals surface area contributed by atoms with Crippen molar-refractivity contribution in [2.75, 3.05) is 6.54 Å². The van der Waals surface area contributed by atoms with Gasteiger partial charge in [-0.1, -0.05) is 11.6 Å². The first kappa shape index (κ1) is 15.8. The maximum atomic E-state index is 12.5. The molecule has 6 heteroatoms. The number of fused-ring (bicyclic) bond motifs is 1. The van der Waals surface area contributed by atoms with Crippen LogP contribution in [0.4, 0.5) is 0 Å². The minimum atomic E-state index is -0.942. The molecule has 0 bridgehead atoms. The van der Waals surface area contributed by atoms with E-state index in [1.165, 1.54) is 19.3 Å². The lowest BCUT2D eigenvalue weighted by molar-refractivity contribution is -0.121. The Morgan fingerprint density at radius 2 is 2.12 bits per heavy atom. The molecule has 4 rings (SSSR count). The third kappa shape index (κ3) is 3.38. The first-order chi connectivity index (χ1) is 11.7. The van der Waals surface area contributed by atoms with E-state index in [9.17, 15) is 9.00 Å². The third-order valence-electron chi connectivity index (χ3n) is 4.96. The zero-order chi connectivity index (χ0) is 16.5. The standard InChI is InChI=1S/C18H22N2O3S/c21-18(10-12-4-5-12)19-9-8-16-15-11-14(6-7-17(15)23-20-16)24(22)13-2-1-3-13/h6-7,11-13H,1-5,8-10H2,(H,19,21). The van der Waals surface area contributed by atoms with E-state index in [1.807, 2.05) is 18.2 Å². The number of nitrogens with one attached hydrogen (secondary N) is 1. The highest BCUT2D eigenvalue weighted by Crippen LogP contribution is 2.32. The number of carbonyl (C=O) groups excluding carboxylic acids is 1. The highest BCUT2D eigenvalue weighted by atomic mass is 32.2. The largest absolute Gasteiger partial charge is 0.356 e. The summed E-state index contributed by atoms with van der Waals surface area (Å²) in [5, 5.41) is 8.28. The average molecular weight is 346 g/mol. The van der Waals surface area contributed by atoms with Crippen LogP contribution in [0.2, 0.25) is 0 Å². The number of carbonyl (C=O) groups is 1. The quantitative estimate of drug-likeness (QED) is 0.837. The summed E-state index contributed by atoms with van der Waals surface area (Å²) < 4.78 is 17.9. The van der Waals surface area contributed by atoms with Gasteiger partial charge in [0.25, 0.3) is 0 Å². The summed E-state index contributed by atoms with van der Waals surface area (Å²) in [6, 6.07) is 5.67. The molecule has 0 radical (unpaired) electrons. The zero-order valence-electron chi connectivity index (χ0n) is 13.6. The molecule has 1 N–H and O–H groups in total. The molecular formula is C18H22N2O3S. The summed E-state index contributed by atoms with van der Waals surface area (Å²) in [5.74, 6) is 0.721. The molecule has 5 nitrogen and oxygen atoms in total. The minimum Gasteiger partial charge on any atom is -0.356 e. The number of hydrogen-bond acceptors (Lipinski definition) is 4. The third-order valence-corrected chi connectivity index (χ3v) is 6.75. The SMILES string of the molecule is O=C(CC1CC1)NCCc1noc2ccc(S(=O)C3CCC3)cc12. The number of benzene rings is 1. The van der Waals surface area contributed by atoms with Gasteiger partial charge >= 0.3 is 0 Å². The maximum absolute atomic E-state index is 12.5. The molecule has 24 heavy (non-hydrogen) atoms. The van der Waals surface area contributed by atoms with Gasteiger partial charge in [-0.3, -0.25) is 9.00 Å². The van der Waals surface area contributed by atoms with Gasteiger partial charge in [0.15, 0.2) is 5.58 Å². The van der Waals surface area contributed by atoms with Gasteiger partial charge in [-0.25, -0.2) is 0 Å². The Balaban J connectivity index is 1.42. The van der Waals surface area contributed by atoms with E-state index < -0.39 is 10.8 Å². The average Bonchev–Trinajstić information content (AvgIpc) is 3.24. The second-order valence-corrected chi connectivity index (χ2v) is 8.62. The van der Waals surface area contributed by atoms with E-state index in [-0.39, 0.29) is 5.91 Å². The predicted molar refractivity (Wildman–Crippen MR) is 92.1 cm³/mol. The molecule has 2 aliphatic carbocycles. The molecule has 1 heterocycles. The van der Waals surface area contributed by atoms with Crippen molar-refractivity contribution in [2.24, 2.45) is 5.92 Å². The van der Waals surface area contributed by atoms with Crippen LogP contribution in [0.3, 0.4) is 0 Å². The second-order valence-electron chi connectivity index (χ2n) is 6.89. The highest BCUT2D eigenvalue weighted by Gasteiger charge is 2.26. The zero-order valence-corrected chi connectivity index (χ0v) is 14.4. The first-order valence-electron chi connectivity index (χ1n) is 8.76. The van der Waals surface area contributed by atoms with Crippen LogP contribution in [0, 0.1) is 5.92 Å². The number of amides is 1. The lowest BCUT2D eigenvalue weighted by Crippen LogP contribution is -2.25. The Bertz CT molecular complexity index is 778. The summed E-state index contributed by atoms with van der Waals surface area (Å²) in [7, 11) is -0.942. The Kier molecular flexibility index (Phi) is 4.39. The Hall–Kier alpha value is -1.69. The second kappa shape index (κ2) is 6.67. The minimum absolute atomic E-state index is 0.122. The molecule has 128 valence electrons. The summed E-state index contributed by atoms with van der Waals surface area (Å²) in [6.07, 6.45) is 6.91. The Labute approximate surface area is 143 Å². The van der Waals surface area contributed by atoms with Gasteiger partial charge in [-0.2, -0.15) is 0 Å². The topological polar surface area (TPSA) is 72.2 Å². The molecule has 2 aliphatic rings. The van der Waals surface area contributed by atoms with Crippen LogP contribution >= 0.6 is 0 Å². The Morgan fingerprint density at radius 3 is 2.83 bits per heavy atom. The normalized spacial score (nSPS) is 19.2. The van der Waals surface area contributed by atoms with Crippen molar-refractivity contribution in [2.45, 2.75) is 55.1 Å². The van der Waals surface area contributed by atoms with E-state index in [2.05, 4.69) is 10.5 Å². The van der Waals surface area contributed by atoms with E-state index in [1.54, 1.807) is 0 Å². The van der Waals surface area contributed by atoms with Gasteiger partial charge in [-0.05, 0) is 49.8 Å². The molecule has 0 spiro atoms. The van der Waals surface area contributed by atoms with Crippen molar-refractivity contribution in [3.8, 4) is 0 Å². The van der Waals surface area contributed by atoms with Crippen molar-refractivity contribution < 1.29 is 13.5 Å². The Morgan fingerprint density at radius 1 is 1.29 bits per heavy atom. The summed E-state index contributed by atoms with van der Waals surface area (Å²) in [6.45, 7) is 0.559. The highest BCUT2D eigenvalue weighted by molar-refractivity contribution is 7.85. The van der Waals surface area contributed by atoms with Gasteiger partial charge in [0.2, 0.25) is 5.91 Å². The van der Waals surface area contributed by atoms with E-state index in [0.717, 1.165) is 28.8 Å². The number of hydrogen-bond donors (Lipinski definition) is 1. The molecule has 1 aromatic heterocycles. The smallest absolute Gasteiger partial charge is 0.220 e. The molecule has 1 unspecified atom stereocenters. The fraction of sp³-hybridized carbons (Fsp3) is 0.556. The molecule has 2 aromatic rings. The van der Waals surface area contributed by atoms with Crippen LogP contribution in [-0.2, 0) is 22.0 Å². The van der Waals surface area contributed by atoms with Crippen molar-refractivity contribution in [1.29, 1.82) is 0 Å². The lowest BCUT2D eigenvalue weighted by Gasteiger charge is -2.24. The van der Waals surface area contributed by atoms with Gasteiger partial charge in [0, 0.05) is 34.9 Å². The van der Waals surface area contributed by atoms with Crippen LogP contribution < -0.4 is 5.32 Å². The molecule has 1 atom stereocenters. The van der Waals surface area contributed by atoms with Crippen LogP contribution in [0.15, 0.2) is 27.6 Å². The van der Waals surface area contributed by atoms with Gasteiger partial charge < -0.3 is 9.84 Å². The van der Waals surface area contributed by atoms with Crippen molar-refractivity contribution in [1.82, 2.24) is 10.5 Å². The number of nitrogens with zero attached hydrogens (tertiary/aromatic N) is 1. The molecular weight excluding hydrogens is 324 g/mol. The molecule has 2 saturated carbocycles. The van der Waals surface area contributed by atoms with Crippen molar-refractivity contribution in [3.05, 3.63) is 23.9 Å². The number of aromatic nitrogens is 1. The van der Waals surface area contributed by atoms with Crippen LogP contribution in [0.5, 0.6) is 0 Å². The molecule has 2 fully saturated rings. The van der Waals surface area contributed by atoms with Crippen LogP contribution in [-0.4, -0.2) is 27.1 Å². The van der Waals surface area contributed by atoms with Crippen molar-refractivity contribution in [3.63, 3.8) is 0 Å². The summed E-state index contributed by atoms with van der Waals surface area (Å²) in [4.78, 5) is 12.6. The number of rotatable bonds is 7. The first-order valence-corrected chi connectivity index (χ1v) is 9.97. The summed E-state index contributed by atoms with van der Waals surface area (Å²) in [5.41, 5.74) is 1.54. The van der Waals surface area contributed by atoms with Crippen molar-refractivity contribution >= 4 is 27.7 Å². The predicted octanol–water partition coefficient (Wildman–Crippen LogP) is 2.95. The van der Waals surface area contributed by atoms with Gasteiger partial charge in [0.05, 0.1) is 16.5 Å². The fourth-order valence-corrected chi connectivity index (χ4v) is 4.61. The molecule has 1 aromatic carbocycles. The van der Waals surface area contributed by atoms with Crippen LogP contribution in [0.25, 0.3) is 11.0 Å². The van der Waals surface area contributed by atoms with Gasteiger partial charge in [-0.15, -0.1) is 0 Å². The fourth-order valence-electron chi connectivity index (χ4n) is 3.03. The summed E-state index contributed by atoms with van der Waals surface area (Å²) >= 11 is 0. The maximum Gasteiger partial charge on any atom is 0.220 e. The van der Waals surface area contributed by atoms with E-state index >= 15 is 0 Å². The molecule has 1 amide bonds.